The van der Waals surface area contributed by atoms with Crippen LogP contribution >= 0.6 is 0 Å². The average Bonchev–Trinajstić information content (AvgIpc) is 3.10. The van der Waals surface area contributed by atoms with Crippen LogP contribution in [0.15, 0.2) is 0 Å². The summed E-state index contributed by atoms with van der Waals surface area (Å²) in [5.41, 5.74) is 0. The Bertz CT molecular complexity index is 636. The fraction of sp³-hybridized carbons (Fsp3) is 0.960. The average molecular weight is 482 g/mol. The molecule has 6 unspecified atom stereocenters. The first-order valence-corrected chi connectivity index (χ1v) is 12.9. The molecule has 0 aromatic heterocycles. The minimum atomic E-state index is -4.58. The van der Waals surface area contributed by atoms with Gasteiger partial charge in [0.2, 0.25) is 0 Å². The molecule has 0 bridgehead atoms. The highest BCUT2D eigenvalue weighted by Gasteiger charge is 2.54. The van der Waals surface area contributed by atoms with Crippen molar-refractivity contribution in [2.75, 3.05) is 13.1 Å². The summed E-state index contributed by atoms with van der Waals surface area (Å²) in [5.74, 6) is -3.30. The van der Waals surface area contributed by atoms with Crippen molar-refractivity contribution in [3.05, 3.63) is 0 Å². The molecular weight excluding hydrogens is 444 g/mol. The number of rotatable bonds is 5. The Hall–Kier alpha value is -0.790. The maximum Gasteiger partial charge on any atom is 0.391 e. The van der Waals surface area contributed by atoms with E-state index in [1.54, 1.807) is 0 Å². The third-order valence-electron chi connectivity index (χ3n) is 9.40. The summed E-state index contributed by atoms with van der Waals surface area (Å²) in [5, 5.41) is 0. The third-order valence-corrected chi connectivity index (χ3v) is 9.40. The first-order valence-electron chi connectivity index (χ1n) is 12.9. The van der Waals surface area contributed by atoms with E-state index in [-0.39, 0.29) is 30.6 Å². The van der Waals surface area contributed by atoms with E-state index in [0.717, 1.165) is 25.8 Å². The molecule has 4 fully saturated rings. The van der Waals surface area contributed by atoms with E-state index >= 15 is 0 Å². The zero-order chi connectivity index (χ0) is 23.8. The summed E-state index contributed by atoms with van der Waals surface area (Å²) in [6.07, 6.45) is -0.486. The van der Waals surface area contributed by atoms with Gasteiger partial charge >= 0.3 is 12.4 Å². The Morgan fingerprint density at radius 1 is 0.758 bits per heavy atom. The van der Waals surface area contributed by atoms with Crippen molar-refractivity contribution < 1.29 is 31.1 Å². The number of hydrogen-bond donors (Lipinski definition) is 0. The lowest BCUT2D eigenvalue weighted by Gasteiger charge is -2.45. The highest BCUT2D eigenvalue weighted by Crippen LogP contribution is 2.53. The number of hydrogen-bond acceptors (Lipinski definition) is 2. The fourth-order valence-corrected chi connectivity index (χ4v) is 7.75. The molecule has 0 amide bonds. The predicted molar refractivity (Wildman–Crippen MR) is 113 cm³/mol. The molecule has 0 N–H and O–H groups in total. The summed E-state index contributed by atoms with van der Waals surface area (Å²) in [6.45, 7) is 1.87. The van der Waals surface area contributed by atoms with E-state index in [2.05, 4.69) is 4.90 Å². The normalized spacial score (nSPS) is 39.4. The van der Waals surface area contributed by atoms with Crippen molar-refractivity contribution in [1.29, 1.82) is 0 Å². The van der Waals surface area contributed by atoms with Crippen LogP contribution in [0.25, 0.3) is 0 Å². The Morgan fingerprint density at radius 3 is 1.97 bits per heavy atom. The molecule has 1 aliphatic heterocycles. The second-order valence-corrected chi connectivity index (χ2v) is 11.4. The van der Waals surface area contributed by atoms with Crippen molar-refractivity contribution in [3.8, 4) is 0 Å². The Balaban J connectivity index is 1.45. The van der Waals surface area contributed by atoms with Crippen LogP contribution in [0.5, 0.6) is 0 Å². The van der Waals surface area contributed by atoms with Gasteiger partial charge in [0.1, 0.15) is 6.29 Å². The van der Waals surface area contributed by atoms with Gasteiger partial charge in [0.15, 0.2) is 0 Å². The minimum Gasteiger partial charge on any atom is -0.303 e. The molecule has 3 saturated carbocycles. The van der Waals surface area contributed by atoms with E-state index in [0.29, 0.717) is 31.2 Å². The van der Waals surface area contributed by atoms with Crippen LogP contribution in [0.2, 0.25) is 0 Å². The van der Waals surface area contributed by atoms with Gasteiger partial charge in [-0.25, -0.2) is 0 Å². The number of alkyl halides is 6. The van der Waals surface area contributed by atoms with Crippen LogP contribution < -0.4 is 0 Å². The van der Waals surface area contributed by atoms with Crippen molar-refractivity contribution in [3.63, 3.8) is 0 Å². The van der Waals surface area contributed by atoms with Crippen LogP contribution in [0.3, 0.4) is 0 Å². The molecule has 1 heterocycles. The predicted octanol–water partition coefficient (Wildman–Crippen LogP) is 7.03. The summed E-state index contributed by atoms with van der Waals surface area (Å²) in [4.78, 5) is 13.9. The molecule has 33 heavy (non-hydrogen) atoms. The smallest absolute Gasteiger partial charge is 0.303 e. The summed E-state index contributed by atoms with van der Waals surface area (Å²) in [7, 11) is 0. The van der Waals surface area contributed by atoms with E-state index in [1.165, 1.54) is 32.1 Å². The summed E-state index contributed by atoms with van der Waals surface area (Å²) < 4.78 is 80.9. The van der Waals surface area contributed by atoms with Gasteiger partial charge in [0, 0.05) is 25.6 Å². The molecule has 1 saturated heterocycles. The molecule has 4 aliphatic rings. The summed E-state index contributed by atoms with van der Waals surface area (Å²) >= 11 is 0. The molecule has 0 aromatic rings. The zero-order valence-corrected chi connectivity index (χ0v) is 19.2. The molecule has 2 nitrogen and oxygen atoms in total. The van der Waals surface area contributed by atoms with Crippen molar-refractivity contribution in [2.24, 2.45) is 41.4 Å². The Labute approximate surface area is 192 Å². The molecule has 0 aromatic carbocycles. The van der Waals surface area contributed by atoms with Crippen LogP contribution in [0.4, 0.5) is 26.3 Å². The van der Waals surface area contributed by atoms with Gasteiger partial charge in [-0.2, -0.15) is 26.3 Å². The molecule has 4 rings (SSSR count). The lowest BCUT2D eigenvalue weighted by atomic mass is 9.63. The molecular formula is C25H37F6NO. The molecule has 190 valence electrons. The van der Waals surface area contributed by atoms with Crippen LogP contribution in [0, 0.1) is 41.4 Å². The number of carbonyl (C=O) groups is 1. The number of nitrogens with zero attached hydrogens (tertiary/aromatic N) is 1. The topological polar surface area (TPSA) is 20.3 Å². The SMILES string of the molecule is O=CCC1CN(CC2CCCCC2)C2CCC(C3CC(C(F)(F)F)CC(C(F)(F)F)C3)CC12. The first kappa shape index (κ1) is 25.3. The first-order chi connectivity index (χ1) is 15.6. The monoisotopic (exact) mass is 481 g/mol. The standard InChI is InChI=1S/C25H37F6NO/c26-24(27,28)20-10-19(11-21(13-20)25(29,30)31)17-6-7-23-22(12-17)18(8-9-33)15-32(23)14-16-4-2-1-3-5-16/h9,16-23H,1-8,10-15H2. The van der Waals surface area contributed by atoms with Crippen molar-refractivity contribution in [1.82, 2.24) is 4.90 Å². The van der Waals surface area contributed by atoms with Crippen molar-refractivity contribution in [2.45, 2.75) is 95.4 Å². The Morgan fingerprint density at radius 2 is 1.39 bits per heavy atom. The quantitative estimate of drug-likeness (QED) is 0.310. The lowest BCUT2D eigenvalue weighted by Crippen LogP contribution is -2.44. The highest BCUT2D eigenvalue weighted by atomic mass is 19.4. The van der Waals surface area contributed by atoms with Crippen molar-refractivity contribution >= 4 is 6.29 Å². The van der Waals surface area contributed by atoms with E-state index < -0.39 is 36.5 Å². The number of likely N-dealkylation sites (tertiary alicyclic amines) is 1. The van der Waals surface area contributed by atoms with Gasteiger partial charge < -0.3 is 4.79 Å². The van der Waals surface area contributed by atoms with Gasteiger partial charge in [-0.15, -0.1) is 0 Å². The molecule has 0 radical (unpaired) electrons. The van der Waals surface area contributed by atoms with Gasteiger partial charge in [0.05, 0.1) is 11.8 Å². The fourth-order valence-electron chi connectivity index (χ4n) is 7.75. The Kier molecular flexibility index (Phi) is 7.72. The van der Waals surface area contributed by atoms with Crippen LogP contribution in [-0.2, 0) is 4.79 Å². The van der Waals surface area contributed by atoms with Crippen LogP contribution in [-0.4, -0.2) is 42.7 Å². The minimum absolute atomic E-state index is 0.106. The van der Waals surface area contributed by atoms with E-state index in [9.17, 15) is 31.1 Å². The third kappa shape index (κ3) is 5.90. The van der Waals surface area contributed by atoms with Gasteiger partial charge in [-0.1, -0.05) is 19.3 Å². The lowest BCUT2D eigenvalue weighted by molar-refractivity contribution is -0.231. The molecule has 8 heteroatoms. The van der Waals surface area contributed by atoms with Gasteiger partial charge in [0.25, 0.3) is 0 Å². The maximum atomic E-state index is 13.5. The number of aldehydes is 1. The second-order valence-electron chi connectivity index (χ2n) is 11.4. The van der Waals surface area contributed by atoms with E-state index in [4.69, 9.17) is 0 Å². The number of halogens is 6. The van der Waals surface area contributed by atoms with Gasteiger partial charge in [-0.3, -0.25) is 4.90 Å². The number of carbonyl (C=O) groups excluding carboxylic acids is 1. The largest absolute Gasteiger partial charge is 0.391 e. The van der Waals surface area contributed by atoms with E-state index in [1.807, 2.05) is 0 Å². The second kappa shape index (κ2) is 10.1. The highest BCUT2D eigenvalue weighted by molar-refractivity contribution is 5.50. The van der Waals surface area contributed by atoms with Crippen LogP contribution in [0.1, 0.15) is 77.0 Å². The van der Waals surface area contributed by atoms with Gasteiger partial charge in [-0.05, 0) is 81.0 Å². The molecule has 3 aliphatic carbocycles. The molecule has 6 atom stereocenters. The summed E-state index contributed by atoms with van der Waals surface area (Å²) in [6, 6.07) is 0.327. The maximum absolute atomic E-state index is 13.5. The molecule has 0 spiro atoms. The zero-order valence-electron chi connectivity index (χ0n) is 19.2. The number of fused-ring (bicyclic) bond motifs is 1.